The SMILES string of the molecule is CCC1CCC2(CC1)CC1(CCC(CC)CC1)C2. The first kappa shape index (κ1) is 13.0. The Morgan fingerprint density at radius 1 is 0.667 bits per heavy atom. The highest BCUT2D eigenvalue weighted by molar-refractivity contribution is 5.06. The predicted molar refractivity (Wildman–Crippen MR) is 78.6 cm³/mol. The van der Waals surface area contributed by atoms with E-state index >= 15 is 0 Å². The van der Waals surface area contributed by atoms with Gasteiger partial charge in [-0.05, 0) is 86.9 Å². The van der Waals surface area contributed by atoms with Crippen LogP contribution in [0.1, 0.15) is 90.9 Å². The second-order valence-electron chi connectivity index (χ2n) is 8.06. The fourth-order valence-corrected chi connectivity index (χ4v) is 5.64. The molecule has 3 rings (SSSR count). The molecule has 0 aliphatic heterocycles. The summed E-state index contributed by atoms with van der Waals surface area (Å²) in [6.45, 7) is 4.77. The van der Waals surface area contributed by atoms with Gasteiger partial charge in [0.2, 0.25) is 0 Å². The summed E-state index contributed by atoms with van der Waals surface area (Å²) in [5.41, 5.74) is 1.68. The van der Waals surface area contributed by atoms with E-state index in [1.54, 1.807) is 64.2 Å². The van der Waals surface area contributed by atoms with Crippen molar-refractivity contribution < 1.29 is 0 Å². The van der Waals surface area contributed by atoms with Crippen molar-refractivity contribution in [3.8, 4) is 0 Å². The van der Waals surface area contributed by atoms with E-state index < -0.39 is 0 Å². The highest BCUT2D eigenvalue weighted by Crippen LogP contribution is 2.66. The van der Waals surface area contributed by atoms with Gasteiger partial charge < -0.3 is 0 Å². The maximum absolute atomic E-state index is 2.39. The van der Waals surface area contributed by atoms with Crippen molar-refractivity contribution in [2.45, 2.75) is 90.9 Å². The molecule has 0 radical (unpaired) electrons. The molecule has 3 aliphatic rings. The molecule has 18 heavy (non-hydrogen) atoms. The molecule has 104 valence electrons. The molecule has 0 aromatic rings. The Morgan fingerprint density at radius 3 is 1.28 bits per heavy atom. The van der Waals surface area contributed by atoms with Crippen LogP contribution in [-0.2, 0) is 0 Å². The minimum atomic E-state index is 0.838. The normalized spacial score (nSPS) is 48.3. The Balaban J connectivity index is 1.51. The largest absolute Gasteiger partial charge is 0.0651 e. The van der Waals surface area contributed by atoms with Crippen molar-refractivity contribution in [3.63, 3.8) is 0 Å². The zero-order chi connectivity index (χ0) is 12.6. The van der Waals surface area contributed by atoms with Gasteiger partial charge in [0.25, 0.3) is 0 Å². The van der Waals surface area contributed by atoms with Crippen molar-refractivity contribution in [2.24, 2.45) is 22.7 Å². The lowest BCUT2D eigenvalue weighted by molar-refractivity contribution is -0.101. The van der Waals surface area contributed by atoms with E-state index in [0.29, 0.717) is 0 Å². The van der Waals surface area contributed by atoms with Gasteiger partial charge in [0, 0.05) is 0 Å². The highest BCUT2D eigenvalue weighted by atomic mass is 14.6. The van der Waals surface area contributed by atoms with Crippen molar-refractivity contribution in [3.05, 3.63) is 0 Å². The first-order valence-electron chi connectivity index (χ1n) is 8.69. The van der Waals surface area contributed by atoms with Gasteiger partial charge in [-0.25, -0.2) is 0 Å². The molecule has 0 atom stereocenters. The molecule has 0 amide bonds. The van der Waals surface area contributed by atoms with Crippen molar-refractivity contribution in [2.75, 3.05) is 0 Å². The molecule has 0 nitrogen and oxygen atoms in total. The van der Waals surface area contributed by atoms with Crippen molar-refractivity contribution in [1.82, 2.24) is 0 Å². The molecule has 3 fully saturated rings. The first-order valence-corrected chi connectivity index (χ1v) is 8.69. The molecule has 0 N–H and O–H groups in total. The number of rotatable bonds is 2. The summed E-state index contributed by atoms with van der Waals surface area (Å²) in [6.07, 6.45) is 18.6. The molecular formula is C18H32. The molecular weight excluding hydrogens is 216 g/mol. The maximum Gasteiger partial charge on any atom is -0.0287 e. The van der Waals surface area contributed by atoms with E-state index in [1.165, 1.54) is 12.8 Å². The van der Waals surface area contributed by atoms with Gasteiger partial charge in [-0.2, -0.15) is 0 Å². The van der Waals surface area contributed by atoms with Crippen LogP contribution in [0.3, 0.4) is 0 Å². The molecule has 0 heterocycles. The summed E-state index contributed by atoms with van der Waals surface area (Å²) in [4.78, 5) is 0. The molecule has 2 spiro atoms. The standard InChI is InChI=1S/C18H32/c1-3-15-5-9-17(10-6-15)13-18(14-17)11-7-16(4-2)8-12-18/h15-16H,3-14H2,1-2H3. The lowest BCUT2D eigenvalue weighted by Gasteiger charge is -2.61. The average molecular weight is 248 g/mol. The predicted octanol–water partition coefficient (Wildman–Crippen LogP) is 5.95. The van der Waals surface area contributed by atoms with E-state index in [-0.39, 0.29) is 0 Å². The van der Waals surface area contributed by atoms with E-state index in [9.17, 15) is 0 Å². The van der Waals surface area contributed by atoms with Gasteiger partial charge in [0.15, 0.2) is 0 Å². The second-order valence-corrected chi connectivity index (χ2v) is 8.06. The smallest absolute Gasteiger partial charge is 0.0287 e. The highest BCUT2D eigenvalue weighted by Gasteiger charge is 2.54. The molecule has 3 saturated carbocycles. The van der Waals surface area contributed by atoms with E-state index in [1.807, 2.05) is 0 Å². The van der Waals surface area contributed by atoms with Crippen LogP contribution >= 0.6 is 0 Å². The third-order valence-corrected chi connectivity index (χ3v) is 6.99. The van der Waals surface area contributed by atoms with Crippen LogP contribution in [0.4, 0.5) is 0 Å². The monoisotopic (exact) mass is 248 g/mol. The van der Waals surface area contributed by atoms with Crippen LogP contribution in [0.25, 0.3) is 0 Å². The summed E-state index contributed by atoms with van der Waals surface area (Å²) >= 11 is 0. The van der Waals surface area contributed by atoms with Crippen molar-refractivity contribution in [1.29, 1.82) is 0 Å². The second kappa shape index (κ2) is 4.84. The molecule has 0 unspecified atom stereocenters. The lowest BCUT2D eigenvalue weighted by Crippen LogP contribution is -2.49. The van der Waals surface area contributed by atoms with Crippen LogP contribution in [0.2, 0.25) is 0 Å². The number of hydrogen-bond donors (Lipinski definition) is 0. The van der Waals surface area contributed by atoms with Gasteiger partial charge in [-0.1, -0.05) is 26.7 Å². The van der Waals surface area contributed by atoms with Crippen LogP contribution in [-0.4, -0.2) is 0 Å². The van der Waals surface area contributed by atoms with Crippen molar-refractivity contribution >= 4 is 0 Å². The fourth-order valence-electron chi connectivity index (χ4n) is 5.64. The number of hydrogen-bond acceptors (Lipinski definition) is 0. The van der Waals surface area contributed by atoms with Crippen LogP contribution in [0.5, 0.6) is 0 Å². The molecule has 0 saturated heterocycles. The summed E-state index contributed by atoms with van der Waals surface area (Å²) in [5, 5.41) is 0. The Morgan fingerprint density at radius 2 is 1.00 bits per heavy atom. The van der Waals surface area contributed by atoms with Gasteiger partial charge in [-0.3, -0.25) is 0 Å². The average Bonchev–Trinajstić information content (AvgIpc) is 2.39. The van der Waals surface area contributed by atoms with Crippen LogP contribution in [0.15, 0.2) is 0 Å². The van der Waals surface area contributed by atoms with Gasteiger partial charge >= 0.3 is 0 Å². The summed E-state index contributed by atoms with van der Waals surface area (Å²) in [5.74, 6) is 2.14. The molecule has 3 aliphatic carbocycles. The molecule has 0 aromatic heterocycles. The Labute approximate surface area is 114 Å². The Hall–Kier alpha value is 0. The fraction of sp³-hybridized carbons (Fsp3) is 1.00. The Bertz CT molecular complexity index is 236. The third-order valence-electron chi connectivity index (χ3n) is 6.99. The summed E-state index contributed by atoms with van der Waals surface area (Å²) in [7, 11) is 0. The van der Waals surface area contributed by atoms with E-state index in [2.05, 4.69) is 13.8 Å². The first-order chi connectivity index (χ1) is 8.69. The zero-order valence-electron chi connectivity index (χ0n) is 12.6. The zero-order valence-corrected chi connectivity index (χ0v) is 12.6. The van der Waals surface area contributed by atoms with Gasteiger partial charge in [0.1, 0.15) is 0 Å². The molecule has 0 heteroatoms. The minimum absolute atomic E-state index is 0.838. The summed E-state index contributed by atoms with van der Waals surface area (Å²) < 4.78 is 0. The molecule has 0 aromatic carbocycles. The quantitative estimate of drug-likeness (QED) is 0.566. The summed E-state index contributed by atoms with van der Waals surface area (Å²) in [6, 6.07) is 0. The molecule has 0 bridgehead atoms. The Kier molecular flexibility index (Phi) is 3.49. The van der Waals surface area contributed by atoms with Crippen LogP contribution in [0, 0.1) is 22.7 Å². The lowest BCUT2D eigenvalue weighted by atomic mass is 9.44. The minimum Gasteiger partial charge on any atom is -0.0651 e. The van der Waals surface area contributed by atoms with Gasteiger partial charge in [-0.15, -0.1) is 0 Å². The topological polar surface area (TPSA) is 0 Å². The third kappa shape index (κ3) is 2.25. The van der Waals surface area contributed by atoms with E-state index in [0.717, 1.165) is 22.7 Å². The van der Waals surface area contributed by atoms with E-state index in [4.69, 9.17) is 0 Å². The maximum atomic E-state index is 2.39. The van der Waals surface area contributed by atoms with Crippen LogP contribution < -0.4 is 0 Å². The van der Waals surface area contributed by atoms with Gasteiger partial charge in [0.05, 0.1) is 0 Å².